The Morgan fingerprint density at radius 1 is 1.48 bits per heavy atom. The summed E-state index contributed by atoms with van der Waals surface area (Å²) < 4.78 is 5.28. The van der Waals surface area contributed by atoms with E-state index in [4.69, 9.17) is 4.52 Å². The summed E-state index contributed by atoms with van der Waals surface area (Å²) in [5.41, 5.74) is 0.428. The Kier molecular flexibility index (Phi) is 4.11. The third-order valence-corrected chi connectivity index (χ3v) is 5.42. The van der Waals surface area contributed by atoms with Crippen LogP contribution in [0.5, 0.6) is 0 Å². The number of nitrogens with one attached hydrogen (secondary N) is 2. The third-order valence-electron chi connectivity index (χ3n) is 5.42. The summed E-state index contributed by atoms with van der Waals surface area (Å²) in [7, 11) is 0. The largest absolute Gasteiger partial charge is 0.360 e. The fourth-order valence-electron chi connectivity index (χ4n) is 3.84. The van der Waals surface area contributed by atoms with Crippen molar-refractivity contribution in [3.05, 3.63) is 17.5 Å². The van der Waals surface area contributed by atoms with Crippen molar-refractivity contribution in [1.82, 2.24) is 20.7 Å². The maximum Gasteiger partial charge on any atom is 0.273 e. The Hall–Kier alpha value is -1.40. The zero-order valence-corrected chi connectivity index (χ0v) is 13.8. The second-order valence-corrected chi connectivity index (χ2v) is 7.52. The van der Waals surface area contributed by atoms with Gasteiger partial charge in [0, 0.05) is 40.5 Å². The van der Waals surface area contributed by atoms with Crippen LogP contribution in [-0.2, 0) is 0 Å². The second-order valence-electron chi connectivity index (χ2n) is 7.52. The van der Waals surface area contributed by atoms with E-state index in [0.717, 1.165) is 57.2 Å². The molecule has 3 fully saturated rings. The zero-order chi connectivity index (χ0) is 15.8. The molecule has 1 saturated carbocycles. The molecule has 2 saturated heterocycles. The molecule has 23 heavy (non-hydrogen) atoms. The summed E-state index contributed by atoms with van der Waals surface area (Å²) in [5.74, 6) is 2.49. The van der Waals surface area contributed by atoms with Gasteiger partial charge in [0.15, 0.2) is 5.69 Å². The van der Waals surface area contributed by atoms with E-state index in [1.54, 1.807) is 0 Å². The van der Waals surface area contributed by atoms with Crippen molar-refractivity contribution in [3.8, 4) is 0 Å². The smallest absolute Gasteiger partial charge is 0.273 e. The number of rotatable bonds is 5. The van der Waals surface area contributed by atoms with Crippen LogP contribution in [0.25, 0.3) is 0 Å². The highest BCUT2D eigenvalue weighted by Gasteiger charge is 2.34. The number of carbonyl (C=O) groups is 1. The molecule has 0 bridgehead atoms. The number of nitrogens with zero attached hydrogens (tertiary/aromatic N) is 2. The van der Waals surface area contributed by atoms with Gasteiger partial charge >= 0.3 is 0 Å². The van der Waals surface area contributed by atoms with Crippen LogP contribution >= 0.6 is 0 Å². The molecule has 0 radical (unpaired) electrons. The Morgan fingerprint density at radius 3 is 3.09 bits per heavy atom. The molecule has 1 aliphatic carbocycles. The van der Waals surface area contributed by atoms with E-state index in [2.05, 4.69) is 27.6 Å². The van der Waals surface area contributed by atoms with Gasteiger partial charge in [-0.2, -0.15) is 0 Å². The van der Waals surface area contributed by atoms with Crippen LogP contribution in [0.1, 0.15) is 51.2 Å². The highest BCUT2D eigenvalue weighted by atomic mass is 16.5. The van der Waals surface area contributed by atoms with Crippen molar-refractivity contribution in [2.75, 3.05) is 32.7 Å². The Labute approximate surface area is 139 Å². The van der Waals surface area contributed by atoms with Gasteiger partial charge in [0.25, 0.3) is 5.91 Å². The van der Waals surface area contributed by atoms with Crippen molar-refractivity contribution >= 4 is 5.91 Å². The zero-order valence-electron chi connectivity index (χ0n) is 13.8. The molecule has 1 aromatic rings. The quantitative estimate of drug-likeness (QED) is 0.863. The standard InChI is InChI=1S/C17H26N4O2.2H2/c1-11-8-21(9-12-4-5-18-7-12)10-15(11)19-17(22)14-6-16(23-20-14)13-2-3-13;;/h6,11-13,15,18H,2-5,7-10H2,1H3,(H,19,22);2*1H/t11-,12?,15-;;/m1../s1. The van der Waals surface area contributed by atoms with Crippen molar-refractivity contribution < 1.29 is 12.2 Å². The molecule has 0 aromatic carbocycles. The number of amides is 1. The van der Waals surface area contributed by atoms with Crippen LogP contribution in [0, 0.1) is 11.8 Å². The minimum absolute atomic E-state index is 0. The molecule has 0 spiro atoms. The average Bonchev–Trinajstić information content (AvgIpc) is 2.94. The summed E-state index contributed by atoms with van der Waals surface area (Å²) in [6.45, 7) is 7.63. The first-order valence-electron chi connectivity index (χ1n) is 8.89. The Morgan fingerprint density at radius 2 is 2.35 bits per heavy atom. The lowest BCUT2D eigenvalue weighted by Gasteiger charge is -2.19. The van der Waals surface area contributed by atoms with Gasteiger partial charge in [-0.15, -0.1) is 0 Å². The van der Waals surface area contributed by atoms with Crippen LogP contribution in [0.15, 0.2) is 10.6 Å². The minimum atomic E-state index is -0.0955. The SMILES string of the molecule is C[C@@H]1CN(CC2CCNC2)C[C@H]1NC(=O)c1cc(C2CC2)on1.[HH].[HH]. The predicted molar refractivity (Wildman–Crippen MR) is 90.5 cm³/mol. The van der Waals surface area contributed by atoms with E-state index in [1.165, 1.54) is 6.42 Å². The van der Waals surface area contributed by atoms with Crippen LogP contribution < -0.4 is 10.6 Å². The van der Waals surface area contributed by atoms with Crippen molar-refractivity contribution in [2.24, 2.45) is 11.8 Å². The van der Waals surface area contributed by atoms with Gasteiger partial charge in [0.2, 0.25) is 0 Å². The summed E-state index contributed by atoms with van der Waals surface area (Å²) in [4.78, 5) is 14.9. The Bertz CT molecular complexity index is 573. The first-order chi connectivity index (χ1) is 11.2. The van der Waals surface area contributed by atoms with Gasteiger partial charge in [-0.1, -0.05) is 12.1 Å². The molecule has 6 heteroatoms. The first kappa shape index (κ1) is 15.1. The second kappa shape index (κ2) is 6.24. The highest BCUT2D eigenvalue weighted by Crippen LogP contribution is 2.40. The maximum absolute atomic E-state index is 12.4. The predicted octanol–water partition coefficient (Wildman–Crippen LogP) is 1.70. The topological polar surface area (TPSA) is 70.4 Å². The molecule has 6 nitrogen and oxygen atoms in total. The normalized spacial score (nSPS) is 31.6. The van der Waals surface area contributed by atoms with E-state index in [1.807, 2.05) is 6.07 Å². The van der Waals surface area contributed by atoms with Crippen molar-refractivity contribution in [2.45, 2.75) is 38.1 Å². The van der Waals surface area contributed by atoms with E-state index in [9.17, 15) is 4.79 Å². The lowest BCUT2D eigenvalue weighted by Crippen LogP contribution is -2.40. The number of likely N-dealkylation sites (tertiary alicyclic amines) is 1. The molecule has 130 valence electrons. The minimum Gasteiger partial charge on any atom is -0.360 e. The Balaban J connectivity index is 0.00000113. The molecular weight excluding hydrogens is 292 g/mol. The molecule has 4 rings (SSSR count). The number of aromatic nitrogens is 1. The van der Waals surface area contributed by atoms with E-state index < -0.39 is 0 Å². The molecule has 3 aliphatic rings. The molecule has 2 N–H and O–H groups in total. The summed E-state index contributed by atoms with van der Waals surface area (Å²) in [5, 5.41) is 10.5. The van der Waals surface area contributed by atoms with Gasteiger partial charge in [-0.05, 0) is 44.2 Å². The number of carbonyl (C=O) groups excluding carboxylic acids is 1. The lowest BCUT2D eigenvalue weighted by molar-refractivity contribution is 0.0922. The van der Waals surface area contributed by atoms with Crippen molar-refractivity contribution in [3.63, 3.8) is 0 Å². The van der Waals surface area contributed by atoms with Crippen LogP contribution in [0.4, 0.5) is 0 Å². The lowest BCUT2D eigenvalue weighted by atomic mass is 10.1. The summed E-state index contributed by atoms with van der Waals surface area (Å²) in [6.07, 6.45) is 3.58. The average molecular weight is 322 g/mol. The van der Waals surface area contributed by atoms with Gasteiger partial charge in [0.1, 0.15) is 5.76 Å². The molecule has 1 unspecified atom stereocenters. The van der Waals surface area contributed by atoms with Crippen LogP contribution in [0.3, 0.4) is 0 Å². The van der Waals surface area contributed by atoms with Gasteiger partial charge in [-0.25, -0.2) is 0 Å². The molecule has 3 heterocycles. The highest BCUT2D eigenvalue weighted by molar-refractivity contribution is 5.92. The molecule has 3 atom stereocenters. The monoisotopic (exact) mass is 322 g/mol. The molecule has 1 amide bonds. The molecule has 1 aromatic heterocycles. The van der Waals surface area contributed by atoms with Crippen LogP contribution in [-0.4, -0.2) is 54.7 Å². The number of hydrogen-bond donors (Lipinski definition) is 2. The molecular formula is C17H30N4O2. The van der Waals surface area contributed by atoms with Gasteiger partial charge in [0.05, 0.1) is 0 Å². The van der Waals surface area contributed by atoms with Gasteiger partial charge in [-0.3, -0.25) is 4.79 Å². The maximum atomic E-state index is 12.4. The van der Waals surface area contributed by atoms with E-state index in [0.29, 0.717) is 17.5 Å². The third kappa shape index (κ3) is 3.43. The van der Waals surface area contributed by atoms with E-state index >= 15 is 0 Å². The number of hydrogen-bond acceptors (Lipinski definition) is 5. The fourth-order valence-corrected chi connectivity index (χ4v) is 3.84. The van der Waals surface area contributed by atoms with E-state index in [-0.39, 0.29) is 14.8 Å². The van der Waals surface area contributed by atoms with Crippen molar-refractivity contribution in [1.29, 1.82) is 0 Å². The molecule has 2 aliphatic heterocycles. The summed E-state index contributed by atoms with van der Waals surface area (Å²) in [6, 6.07) is 2.02. The summed E-state index contributed by atoms with van der Waals surface area (Å²) >= 11 is 0. The fraction of sp³-hybridized carbons (Fsp3) is 0.765. The first-order valence-corrected chi connectivity index (χ1v) is 8.89. The van der Waals surface area contributed by atoms with Gasteiger partial charge < -0.3 is 20.1 Å². The van der Waals surface area contributed by atoms with Crippen LogP contribution in [0.2, 0.25) is 0 Å².